The fraction of sp³-hybridized carbons (Fsp3) is 0.706. The minimum absolute atomic E-state index is 0.758. The smallest absolute Gasteiger partial charge is 0.0544 e. The van der Waals surface area contributed by atoms with Gasteiger partial charge in [-0.2, -0.15) is 0 Å². The van der Waals surface area contributed by atoms with E-state index in [1.165, 1.54) is 56.9 Å². The Morgan fingerprint density at radius 3 is 2.62 bits per heavy atom. The number of aryl methyl sites for hydroxylation is 1. The van der Waals surface area contributed by atoms with Crippen molar-refractivity contribution in [2.45, 2.75) is 32.4 Å². The predicted octanol–water partition coefficient (Wildman–Crippen LogP) is 1.47. The number of likely N-dealkylation sites (N-methyl/N-ethyl adjacent to an activating group) is 1. The number of rotatable bonds is 4. The number of pyridine rings is 1. The van der Waals surface area contributed by atoms with Crippen LogP contribution >= 0.6 is 0 Å². The first-order valence-corrected chi connectivity index (χ1v) is 8.33. The van der Waals surface area contributed by atoms with E-state index in [0.29, 0.717) is 0 Å². The first kappa shape index (κ1) is 14.9. The molecule has 0 aromatic carbocycles. The fourth-order valence-corrected chi connectivity index (χ4v) is 3.43. The summed E-state index contributed by atoms with van der Waals surface area (Å²) >= 11 is 0. The number of piperazine rings is 1. The second-order valence-corrected chi connectivity index (χ2v) is 6.53. The molecule has 116 valence electrons. The first-order chi connectivity index (χ1) is 10.2. The first-order valence-electron chi connectivity index (χ1n) is 8.33. The number of hydrogen-bond acceptors (Lipinski definition) is 4. The molecule has 0 radical (unpaired) electrons. The van der Waals surface area contributed by atoms with Crippen LogP contribution in [0.3, 0.4) is 0 Å². The number of aromatic nitrogens is 1. The van der Waals surface area contributed by atoms with Crippen molar-refractivity contribution >= 4 is 0 Å². The molecule has 0 aliphatic carbocycles. The zero-order valence-corrected chi connectivity index (χ0v) is 13.5. The molecule has 2 aliphatic heterocycles. The van der Waals surface area contributed by atoms with Crippen molar-refractivity contribution in [3.8, 4) is 0 Å². The summed E-state index contributed by atoms with van der Waals surface area (Å²) in [6.45, 7) is 10.5. The second kappa shape index (κ2) is 6.86. The molecule has 4 nitrogen and oxygen atoms in total. The van der Waals surface area contributed by atoms with E-state index in [2.05, 4.69) is 45.8 Å². The second-order valence-electron chi connectivity index (χ2n) is 6.53. The van der Waals surface area contributed by atoms with Crippen LogP contribution in [0.4, 0.5) is 0 Å². The van der Waals surface area contributed by atoms with E-state index in [0.717, 1.165) is 19.0 Å². The highest BCUT2D eigenvalue weighted by atomic mass is 15.3. The third-order valence-electron chi connectivity index (χ3n) is 4.98. The maximum absolute atomic E-state index is 4.60. The quantitative estimate of drug-likeness (QED) is 0.837. The molecule has 0 unspecified atom stereocenters. The van der Waals surface area contributed by atoms with E-state index in [9.17, 15) is 0 Å². The summed E-state index contributed by atoms with van der Waals surface area (Å²) in [6, 6.07) is 5.17. The van der Waals surface area contributed by atoms with Crippen LogP contribution < -0.4 is 0 Å². The summed E-state index contributed by atoms with van der Waals surface area (Å²) in [6.07, 6.45) is 4.42. The largest absolute Gasteiger partial charge is 0.304 e. The molecule has 1 aromatic heterocycles. The molecule has 3 heterocycles. The number of nitrogens with zero attached hydrogens (tertiary/aromatic N) is 4. The Bertz CT molecular complexity index is 437. The molecular formula is C17H28N4. The molecule has 1 aromatic rings. The summed E-state index contributed by atoms with van der Waals surface area (Å²) in [4.78, 5) is 12.3. The Morgan fingerprint density at radius 1 is 1.14 bits per heavy atom. The van der Waals surface area contributed by atoms with Crippen LogP contribution in [0, 0.1) is 0 Å². The van der Waals surface area contributed by atoms with E-state index in [1.54, 1.807) is 0 Å². The Balaban J connectivity index is 1.50. The highest BCUT2D eigenvalue weighted by Gasteiger charge is 2.29. The van der Waals surface area contributed by atoms with E-state index >= 15 is 0 Å². The van der Waals surface area contributed by atoms with Crippen molar-refractivity contribution in [2.24, 2.45) is 0 Å². The number of hydrogen-bond donors (Lipinski definition) is 0. The van der Waals surface area contributed by atoms with Gasteiger partial charge in [0.25, 0.3) is 0 Å². The lowest BCUT2D eigenvalue weighted by atomic mass is 10.2. The van der Waals surface area contributed by atoms with Crippen LogP contribution in [0.1, 0.15) is 24.6 Å². The van der Waals surface area contributed by atoms with Crippen molar-refractivity contribution < 1.29 is 0 Å². The van der Waals surface area contributed by atoms with E-state index in [1.807, 2.05) is 6.20 Å². The zero-order valence-electron chi connectivity index (χ0n) is 13.5. The third-order valence-corrected chi connectivity index (χ3v) is 4.98. The Morgan fingerprint density at radius 2 is 1.95 bits per heavy atom. The summed E-state index contributed by atoms with van der Waals surface area (Å²) in [5.74, 6) is 0. The summed E-state index contributed by atoms with van der Waals surface area (Å²) in [5.41, 5.74) is 2.54. The molecule has 1 atom stereocenters. The van der Waals surface area contributed by atoms with Gasteiger partial charge in [-0.05, 0) is 31.5 Å². The van der Waals surface area contributed by atoms with E-state index < -0.39 is 0 Å². The van der Waals surface area contributed by atoms with Gasteiger partial charge in [0.2, 0.25) is 0 Å². The molecule has 0 bridgehead atoms. The van der Waals surface area contributed by atoms with Gasteiger partial charge in [0, 0.05) is 58.1 Å². The monoisotopic (exact) mass is 288 g/mol. The zero-order chi connectivity index (χ0) is 14.7. The van der Waals surface area contributed by atoms with Crippen molar-refractivity contribution in [3.63, 3.8) is 0 Å². The molecule has 4 heteroatoms. The van der Waals surface area contributed by atoms with Crippen molar-refractivity contribution in [1.82, 2.24) is 19.7 Å². The minimum Gasteiger partial charge on any atom is -0.304 e. The maximum Gasteiger partial charge on any atom is 0.0544 e. The fourth-order valence-electron chi connectivity index (χ4n) is 3.43. The molecule has 0 spiro atoms. The lowest BCUT2D eigenvalue weighted by Gasteiger charge is -2.36. The van der Waals surface area contributed by atoms with Crippen molar-refractivity contribution in [3.05, 3.63) is 29.6 Å². The van der Waals surface area contributed by atoms with Gasteiger partial charge in [-0.1, -0.05) is 13.0 Å². The lowest BCUT2D eigenvalue weighted by molar-refractivity contribution is 0.112. The van der Waals surface area contributed by atoms with Gasteiger partial charge in [0.05, 0.1) is 5.69 Å². The SMILES string of the molecule is CCc1ccc(CN2CC[C@@H](N3CCN(C)CC3)C2)nc1. The molecule has 0 saturated carbocycles. The predicted molar refractivity (Wildman–Crippen MR) is 86.4 cm³/mol. The number of likely N-dealkylation sites (tertiary alicyclic amines) is 1. The van der Waals surface area contributed by atoms with Gasteiger partial charge in [-0.25, -0.2) is 0 Å². The van der Waals surface area contributed by atoms with Crippen LogP contribution in [0.25, 0.3) is 0 Å². The van der Waals surface area contributed by atoms with Crippen molar-refractivity contribution in [1.29, 1.82) is 0 Å². The molecule has 21 heavy (non-hydrogen) atoms. The highest BCUT2D eigenvalue weighted by molar-refractivity contribution is 5.14. The maximum atomic E-state index is 4.60. The minimum atomic E-state index is 0.758. The highest BCUT2D eigenvalue weighted by Crippen LogP contribution is 2.19. The van der Waals surface area contributed by atoms with Crippen LogP contribution in [-0.4, -0.2) is 72.0 Å². The van der Waals surface area contributed by atoms with Gasteiger partial charge >= 0.3 is 0 Å². The molecule has 2 saturated heterocycles. The molecule has 2 fully saturated rings. The van der Waals surface area contributed by atoms with E-state index in [-0.39, 0.29) is 0 Å². The standard InChI is InChI=1S/C17H28N4/c1-3-15-4-5-16(18-12-15)13-20-7-6-17(14-20)21-10-8-19(2)9-11-21/h4-5,12,17H,3,6-11,13-14H2,1-2H3/t17-/m1/s1. The Hall–Kier alpha value is -0.970. The molecular weight excluding hydrogens is 260 g/mol. The molecule has 0 N–H and O–H groups in total. The lowest BCUT2D eigenvalue weighted by Crippen LogP contribution is -2.49. The average Bonchev–Trinajstić information content (AvgIpc) is 2.97. The third kappa shape index (κ3) is 3.82. The van der Waals surface area contributed by atoms with Gasteiger partial charge in [-0.15, -0.1) is 0 Å². The van der Waals surface area contributed by atoms with Crippen LogP contribution in [-0.2, 0) is 13.0 Å². The Kier molecular flexibility index (Phi) is 4.88. The Labute approximate surface area is 128 Å². The van der Waals surface area contributed by atoms with Gasteiger partial charge in [0.15, 0.2) is 0 Å². The molecule has 3 rings (SSSR count). The summed E-state index contributed by atoms with van der Waals surface area (Å²) in [7, 11) is 2.23. The normalized spacial score (nSPS) is 25.5. The summed E-state index contributed by atoms with van der Waals surface area (Å²) in [5, 5.41) is 0. The van der Waals surface area contributed by atoms with Crippen LogP contribution in [0.2, 0.25) is 0 Å². The van der Waals surface area contributed by atoms with Gasteiger partial charge < -0.3 is 4.90 Å². The van der Waals surface area contributed by atoms with Crippen LogP contribution in [0.5, 0.6) is 0 Å². The van der Waals surface area contributed by atoms with E-state index in [4.69, 9.17) is 0 Å². The van der Waals surface area contributed by atoms with Gasteiger partial charge in [0.1, 0.15) is 0 Å². The molecule has 0 amide bonds. The van der Waals surface area contributed by atoms with Gasteiger partial charge in [-0.3, -0.25) is 14.8 Å². The van der Waals surface area contributed by atoms with Crippen LogP contribution in [0.15, 0.2) is 18.3 Å². The van der Waals surface area contributed by atoms with Crippen molar-refractivity contribution in [2.75, 3.05) is 46.3 Å². The molecule has 2 aliphatic rings. The topological polar surface area (TPSA) is 22.6 Å². The average molecular weight is 288 g/mol. The summed E-state index contributed by atoms with van der Waals surface area (Å²) < 4.78 is 0.